The number of carbonyl (C=O) groups is 2. The first-order valence-corrected chi connectivity index (χ1v) is 13.0. The van der Waals surface area contributed by atoms with E-state index in [0.717, 1.165) is 14.8 Å². The van der Waals surface area contributed by atoms with Gasteiger partial charge in [0.2, 0.25) is 11.8 Å². The monoisotopic (exact) mass is 527 g/mol. The van der Waals surface area contributed by atoms with Crippen molar-refractivity contribution in [3.8, 4) is 5.75 Å². The number of methoxy groups -OCH3 is 1. The Morgan fingerprint density at radius 1 is 1.03 bits per heavy atom. The number of nitrogens with one attached hydrogen (secondary N) is 1. The van der Waals surface area contributed by atoms with Crippen LogP contribution in [0.3, 0.4) is 0 Å². The molecule has 3 aromatic carbocycles. The van der Waals surface area contributed by atoms with E-state index in [1.807, 2.05) is 6.92 Å². The number of nitrogens with zero attached hydrogens (tertiary/aromatic N) is 2. The first-order valence-electron chi connectivity index (χ1n) is 11.6. The normalized spacial score (nSPS) is 11.9. The van der Waals surface area contributed by atoms with Gasteiger partial charge in [-0.1, -0.05) is 42.0 Å². The number of anilines is 1. The highest BCUT2D eigenvalue weighted by molar-refractivity contribution is 7.92. The highest BCUT2D eigenvalue weighted by Gasteiger charge is 2.32. The molecule has 1 N–H and O–H groups in total. The van der Waals surface area contributed by atoms with Crippen molar-refractivity contribution >= 4 is 27.5 Å². The molecule has 3 aromatic rings. The van der Waals surface area contributed by atoms with Gasteiger partial charge in [0.25, 0.3) is 10.0 Å². The Balaban J connectivity index is 2.06. The summed E-state index contributed by atoms with van der Waals surface area (Å²) in [4.78, 5) is 27.3. The van der Waals surface area contributed by atoms with Gasteiger partial charge in [-0.05, 0) is 44.2 Å². The Labute approximate surface area is 216 Å². The SMILES string of the molecule is CNC(=O)[C@H](C)N(Cc1ccccc1F)C(=O)CN(c1cccc(OC)c1)S(=O)(=O)c1ccc(C)cc1. The van der Waals surface area contributed by atoms with E-state index < -0.39 is 40.2 Å². The predicted octanol–water partition coefficient (Wildman–Crippen LogP) is 3.50. The van der Waals surface area contributed by atoms with Crippen LogP contribution >= 0.6 is 0 Å². The number of likely N-dealkylation sites (N-methyl/N-ethyl adjacent to an activating group) is 1. The number of amides is 2. The molecule has 0 aliphatic carbocycles. The Morgan fingerprint density at radius 2 is 1.70 bits per heavy atom. The van der Waals surface area contributed by atoms with Crippen molar-refractivity contribution in [3.63, 3.8) is 0 Å². The van der Waals surface area contributed by atoms with E-state index in [0.29, 0.717) is 5.75 Å². The van der Waals surface area contributed by atoms with Crippen LogP contribution in [0.4, 0.5) is 10.1 Å². The van der Waals surface area contributed by atoms with Crippen LogP contribution in [-0.2, 0) is 26.2 Å². The lowest BCUT2D eigenvalue weighted by molar-refractivity contribution is -0.139. The van der Waals surface area contributed by atoms with Gasteiger partial charge in [0.05, 0.1) is 17.7 Å². The minimum Gasteiger partial charge on any atom is -0.497 e. The average molecular weight is 528 g/mol. The predicted molar refractivity (Wildman–Crippen MR) is 139 cm³/mol. The summed E-state index contributed by atoms with van der Waals surface area (Å²) in [6, 6.07) is 17.5. The van der Waals surface area contributed by atoms with Gasteiger partial charge >= 0.3 is 0 Å². The molecule has 1 atom stereocenters. The highest BCUT2D eigenvalue weighted by Crippen LogP contribution is 2.28. The number of aryl methyl sites for hydroxylation is 1. The molecule has 0 aromatic heterocycles. The van der Waals surface area contributed by atoms with Crippen LogP contribution in [0, 0.1) is 12.7 Å². The van der Waals surface area contributed by atoms with Crippen molar-refractivity contribution in [2.45, 2.75) is 31.3 Å². The largest absolute Gasteiger partial charge is 0.497 e. The maximum atomic E-state index is 14.5. The topological polar surface area (TPSA) is 96.0 Å². The molecule has 8 nitrogen and oxygen atoms in total. The first kappa shape index (κ1) is 27.7. The van der Waals surface area contributed by atoms with Gasteiger partial charge in [-0.25, -0.2) is 12.8 Å². The molecule has 2 amide bonds. The van der Waals surface area contributed by atoms with E-state index in [2.05, 4.69) is 5.32 Å². The molecule has 0 aliphatic rings. The lowest BCUT2D eigenvalue weighted by atomic mass is 10.1. The summed E-state index contributed by atoms with van der Waals surface area (Å²) in [5.74, 6) is -1.30. The van der Waals surface area contributed by atoms with E-state index in [1.54, 1.807) is 36.4 Å². The lowest BCUT2D eigenvalue weighted by Gasteiger charge is -2.32. The van der Waals surface area contributed by atoms with Crippen LogP contribution in [0.2, 0.25) is 0 Å². The van der Waals surface area contributed by atoms with Crippen LogP contribution in [0.5, 0.6) is 5.75 Å². The standard InChI is InChI=1S/C27H30FN3O5S/c1-19-12-14-24(15-13-19)37(34,35)31(22-9-7-10-23(16-22)36-4)18-26(32)30(20(2)27(33)29-3)17-21-8-5-6-11-25(21)28/h5-16,20H,17-18H2,1-4H3,(H,29,33)/t20-/m0/s1. The Morgan fingerprint density at radius 3 is 2.32 bits per heavy atom. The first-order chi connectivity index (χ1) is 17.6. The molecule has 0 aliphatic heterocycles. The zero-order valence-electron chi connectivity index (χ0n) is 21.1. The van der Waals surface area contributed by atoms with Gasteiger partial charge in [-0.15, -0.1) is 0 Å². The summed E-state index contributed by atoms with van der Waals surface area (Å²) in [5, 5.41) is 2.49. The molecule has 0 heterocycles. The minimum atomic E-state index is -4.20. The van der Waals surface area contributed by atoms with Gasteiger partial charge < -0.3 is 15.0 Å². The summed E-state index contributed by atoms with van der Waals surface area (Å²) in [6.07, 6.45) is 0. The molecule has 0 saturated heterocycles. The quantitative estimate of drug-likeness (QED) is 0.436. The molecular weight excluding hydrogens is 497 g/mol. The van der Waals surface area contributed by atoms with Crippen molar-refractivity contribution in [1.82, 2.24) is 10.2 Å². The van der Waals surface area contributed by atoms with E-state index >= 15 is 0 Å². The zero-order valence-corrected chi connectivity index (χ0v) is 22.0. The molecule has 37 heavy (non-hydrogen) atoms. The smallest absolute Gasteiger partial charge is 0.264 e. The van der Waals surface area contributed by atoms with Crippen LogP contribution in [0.15, 0.2) is 77.7 Å². The molecular formula is C27H30FN3O5S. The fraction of sp³-hybridized carbons (Fsp3) is 0.259. The summed E-state index contributed by atoms with van der Waals surface area (Å²) >= 11 is 0. The molecule has 0 spiro atoms. The average Bonchev–Trinajstić information content (AvgIpc) is 2.90. The number of ether oxygens (including phenoxy) is 1. The number of rotatable bonds is 10. The van der Waals surface area contributed by atoms with Crippen LogP contribution in [0.25, 0.3) is 0 Å². The van der Waals surface area contributed by atoms with Crippen molar-refractivity contribution in [1.29, 1.82) is 0 Å². The number of halogens is 1. The van der Waals surface area contributed by atoms with Crippen LogP contribution < -0.4 is 14.4 Å². The molecule has 0 fully saturated rings. The molecule has 10 heteroatoms. The van der Waals surface area contributed by atoms with E-state index in [4.69, 9.17) is 4.74 Å². The number of hydrogen-bond donors (Lipinski definition) is 1. The third kappa shape index (κ3) is 6.45. The minimum absolute atomic E-state index is 0.00581. The van der Waals surface area contributed by atoms with Crippen molar-refractivity contribution < 1.29 is 27.1 Å². The third-order valence-electron chi connectivity index (χ3n) is 5.94. The molecule has 0 saturated carbocycles. The van der Waals surface area contributed by atoms with Crippen molar-refractivity contribution in [2.75, 3.05) is 25.0 Å². The highest BCUT2D eigenvalue weighted by atomic mass is 32.2. The fourth-order valence-corrected chi connectivity index (χ4v) is 5.14. The van der Waals surface area contributed by atoms with Gasteiger partial charge in [0.15, 0.2) is 0 Å². The lowest BCUT2D eigenvalue weighted by Crippen LogP contribution is -2.50. The number of carbonyl (C=O) groups excluding carboxylic acids is 2. The fourth-order valence-electron chi connectivity index (χ4n) is 3.73. The zero-order chi connectivity index (χ0) is 27.2. The maximum absolute atomic E-state index is 14.5. The van der Waals surface area contributed by atoms with Crippen molar-refractivity contribution in [2.24, 2.45) is 0 Å². The van der Waals surface area contributed by atoms with Crippen LogP contribution in [-0.4, -0.2) is 51.9 Å². The molecule has 0 bridgehead atoms. The number of benzene rings is 3. The van der Waals surface area contributed by atoms with E-state index in [9.17, 15) is 22.4 Å². The summed E-state index contributed by atoms with van der Waals surface area (Å²) in [7, 11) is -1.33. The van der Waals surface area contributed by atoms with Crippen molar-refractivity contribution in [3.05, 3.63) is 89.7 Å². The van der Waals surface area contributed by atoms with Gasteiger partial charge in [0, 0.05) is 25.2 Å². The second-order valence-electron chi connectivity index (χ2n) is 8.43. The van der Waals surface area contributed by atoms with E-state index in [-0.39, 0.29) is 22.7 Å². The third-order valence-corrected chi connectivity index (χ3v) is 7.73. The second kappa shape index (κ2) is 11.9. The Hall–Kier alpha value is -3.92. The van der Waals surface area contributed by atoms with E-state index in [1.165, 1.54) is 57.5 Å². The summed E-state index contributed by atoms with van der Waals surface area (Å²) < 4.78 is 48.2. The molecule has 196 valence electrons. The number of hydrogen-bond acceptors (Lipinski definition) is 5. The van der Waals surface area contributed by atoms with Crippen LogP contribution in [0.1, 0.15) is 18.1 Å². The molecule has 0 radical (unpaired) electrons. The van der Waals surface area contributed by atoms with Gasteiger partial charge in [0.1, 0.15) is 24.2 Å². The molecule has 0 unspecified atom stereocenters. The Bertz CT molecular complexity index is 1360. The second-order valence-corrected chi connectivity index (χ2v) is 10.3. The van der Waals surface area contributed by atoms with Gasteiger partial charge in [-0.3, -0.25) is 13.9 Å². The Kier molecular flexibility index (Phi) is 8.88. The summed E-state index contributed by atoms with van der Waals surface area (Å²) in [6.45, 7) is 2.48. The number of sulfonamides is 1. The summed E-state index contributed by atoms with van der Waals surface area (Å²) in [5.41, 5.74) is 1.27. The molecule has 3 rings (SSSR count). The maximum Gasteiger partial charge on any atom is 0.264 e. The van der Waals surface area contributed by atoms with Gasteiger partial charge in [-0.2, -0.15) is 0 Å².